The summed E-state index contributed by atoms with van der Waals surface area (Å²) in [6.45, 7) is 4.17. The molecule has 3 atom stereocenters. The van der Waals surface area contributed by atoms with Gasteiger partial charge in [0.1, 0.15) is 5.84 Å². The third-order valence-electron chi connectivity index (χ3n) is 7.21. The van der Waals surface area contributed by atoms with Crippen LogP contribution in [0.25, 0.3) is 0 Å². The van der Waals surface area contributed by atoms with Crippen molar-refractivity contribution >= 4 is 5.84 Å². The summed E-state index contributed by atoms with van der Waals surface area (Å²) in [6.07, 6.45) is 20.9. The standard InChI is InChI=1S/C30H42N4/c1-5-6-8-13-24-18-19-25(22-24)14-11-20-31-30-27-17-12-21-34(27)28(23-33(30)4)29(32(2)3)26-15-9-7-10-16-26/h6-10,14-16,18-19,23-24,27,29H,5,11-13,17,20-22H2,1-4H3/b8-6-,25-14-,31-30?/t24?,27-,29+/m0/s1. The summed E-state index contributed by atoms with van der Waals surface area (Å²) in [5.74, 6) is 1.91. The van der Waals surface area contributed by atoms with Crippen LogP contribution in [-0.4, -0.2) is 60.8 Å². The van der Waals surface area contributed by atoms with Crippen molar-refractivity contribution in [2.45, 2.75) is 57.5 Å². The number of aliphatic imine (C=N–C) groups is 1. The van der Waals surface area contributed by atoms with E-state index in [1.165, 1.54) is 41.9 Å². The highest BCUT2D eigenvalue weighted by atomic mass is 15.3. The molecule has 1 fully saturated rings. The molecule has 0 spiro atoms. The number of amidine groups is 1. The number of fused-ring (bicyclic) bond motifs is 1. The predicted octanol–water partition coefficient (Wildman–Crippen LogP) is 6.19. The van der Waals surface area contributed by atoms with E-state index in [4.69, 9.17) is 4.99 Å². The van der Waals surface area contributed by atoms with Gasteiger partial charge in [-0.05, 0) is 64.1 Å². The summed E-state index contributed by atoms with van der Waals surface area (Å²) in [5.41, 5.74) is 4.22. The van der Waals surface area contributed by atoms with Crippen LogP contribution < -0.4 is 0 Å². The summed E-state index contributed by atoms with van der Waals surface area (Å²) in [5, 5.41) is 0. The van der Waals surface area contributed by atoms with Gasteiger partial charge in [0.2, 0.25) is 0 Å². The van der Waals surface area contributed by atoms with Crippen molar-refractivity contribution in [3.8, 4) is 0 Å². The van der Waals surface area contributed by atoms with Gasteiger partial charge < -0.3 is 9.80 Å². The van der Waals surface area contributed by atoms with Gasteiger partial charge in [0.05, 0.1) is 17.8 Å². The van der Waals surface area contributed by atoms with Gasteiger partial charge in [-0.25, -0.2) is 0 Å². The molecule has 3 aliphatic rings. The van der Waals surface area contributed by atoms with Crippen molar-refractivity contribution in [3.63, 3.8) is 0 Å². The van der Waals surface area contributed by atoms with E-state index < -0.39 is 0 Å². The molecule has 4 heteroatoms. The Balaban J connectivity index is 1.43. The van der Waals surface area contributed by atoms with Crippen molar-refractivity contribution in [2.24, 2.45) is 10.9 Å². The van der Waals surface area contributed by atoms with E-state index in [1.807, 2.05) is 0 Å². The summed E-state index contributed by atoms with van der Waals surface area (Å²) >= 11 is 0. The maximum Gasteiger partial charge on any atom is 0.126 e. The Morgan fingerprint density at radius 1 is 1.18 bits per heavy atom. The van der Waals surface area contributed by atoms with E-state index in [9.17, 15) is 0 Å². The van der Waals surface area contributed by atoms with E-state index in [1.54, 1.807) is 0 Å². The van der Waals surface area contributed by atoms with Crippen LogP contribution in [0, 0.1) is 5.92 Å². The second kappa shape index (κ2) is 11.7. The van der Waals surface area contributed by atoms with Gasteiger partial charge in [-0.2, -0.15) is 0 Å². The molecule has 1 unspecified atom stereocenters. The average molecular weight is 459 g/mol. The lowest BCUT2D eigenvalue weighted by Crippen LogP contribution is -2.49. The van der Waals surface area contributed by atoms with E-state index in [0.717, 1.165) is 32.4 Å². The number of allylic oxidation sites excluding steroid dienone is 5. The lowest BCUT2D eigenvalue weighted by atomic mass is 9.99. The number of benzene rings is 1. The molecule has 0 bridgehead atoms. The Morgan fingerprint density at radius 2 is 2.00 bits per heavy atom. The first-order valence-corrected chi connectivity index (χ1v) is 13.1. The fourth-order valence-electron chi connectivity index (χ4n) is 5.61. The molecule has 2 heterocycles. The molecule has 1 aromatic carbocycles. The third kappa shape index (κ3) is 5.72. The number of rotatable bonds is 9. The van der Waals surface area contributed by atoms with E-state index in [0.29, 0.717) is 12.0 Å². The number of hydrogen-bond donors (Lipinski definition) is 0. The molecular formula is C30H42N4. The van der Waals surface area contributed by atoms with Gasteiger partial charge in [-0.3, -0.25) is 9.89 Å². The minimum atomic E-state index is 0.254. The van der Waals surface area contributed by atoms with Crippen molar-refractivity contribution in [1.29, 1.82) is 0 Å². The van der Waals surface area contributed by atoms with Crippen LogP contribution in [0.2, 0.25) is 0 Å². The Bertz CT molecular complexity index is 953. The first-order chi connectivity index (χ1) is 16.6. The maximum absolute atomic E-state index is 5.12. The third-order valence-corrected chi connectivity index (χ3v) is 7.21. The first kappa shape index (κ1) is 24.5. The highest BCUT2D eigenvalue weighted by Gasteiger charge is 2.39. The summed E-state index contributed by atoms with van der Waals surface area (Å²) < 4.78 is 0. The van der Waals surface area contributed by atoms with Gasteiger partial charge in [-0.1, -0.05) is 73.2 Å². The van der Waals surface area contributed by atoms with Crippen molar-refractivity contribution < 1.29 is 0 Å². The fourth-order valence-corrected chi connectivity index (χ4v) is 5.61. The minimum absolute atomic E-state index is 0.254. The molecule has 0 amide bonds. The van der Waals surface area contributed by atoms with Gasteiger partial charge in [0, 0.05) is 26.3 Å². The smallest absolute Gasteiger partial charge is 0.126 e. The van der Waals surface area contributed by atoms with Crippen LogP contribution in [0.5, 0.6) is 0 Å². The summed E-state index contributed by atoms with van der Waals surface area (Å²) in [6, 6.07) is 11.5. The molecule has 0 saturated carbocycles. The topological polar surface area (TPSA) is 22.1 Å². The van der Waals surface area contributed by atoms with E-state index >= 15 is 0 Å². The van der Waals surface area contributed by atoms with Crippen LogP contribution in [0.15, 0.2) is 83.2 Å². The van der Waals surface area contributed by atoms with Gasteiger partial charge in [-0.15, -0.1) is 0 Å². The van der Waals surface area contributed by atoms with Crippen molar-refractivity contribution in [1.82, 2.24) is 14.7 Å². The van der Waals surface area contributed by atoms with E-state index in [-0.39, 0.29) is 6.04 Å². The molecule has 0 aromatic heterocycles. The lowest BCUT2D eigenvalue weighted by molar-refractivity contribution is 0.236. The second-order valence-electron chi connectivity index (χ2n) is 10.0. The molecule has 1 aromatic rings. The predicted molar refractivity (Wildman–Crippen MR) is 145 cm³/mol. The van der Waals surface area contributed by atoms with Crippen LogP contribution in [0.4, 0.5) is 0 Å². The van der Waals surface area contributed by atoms with E-state index in [2.05, 4.69) is 110 Å². The van der Waals surface area contributed by atoms with Crippen molar-refractivity contribution in [3.05, 3.63) is 83.7 Å². The van der Waals surface area contributed by atoms with Gasteiger partial charge in [0.25, 0.3) is 0 Å². The summed E-state index contributed by atoms with van der Waals surface area (Å²) in [7, 11) is 6.55. The SMILES string of the molecule is CC/C=C\CC1C=C/C(=C/CCN=C2[C@@H]3CCCN3C([C@@H](c3ccccc3)N(C)C)=CN2C)C1. The van der Waals surface area contributed by atoms with Crippen LogP contribution >= 0.6 is 0 Å². The van der Waals surface area contributed by atoms with Crippen molar-refractivity contribution in [2.75, 3.05) is 34.2 Å². The molecule has 0 radical (unpaired) electrons. The monoisotopic (exact) mass is 458 g/mol. The van der Waals surface area contributed by atoms with Crippen LogP contribution in [-0.2, 0) is 0 Å². The number of hydrogen-bond acceptors (Lipinski definition) is 3. The Morgan fingerprint density at radius 3 is 2.76 bits per heavy atom. The lowest BCUT2D eigenvalue weighted by Gasteiger charge is -2.43. The first-order valence-electron chi connectivity index (χ1n) is 13.1. The minimum Gasteiger partial charge on any atom is -0.362 e. The Labute approximate surface area is 207 Å². The molecular weight excluding hydrogens is 416 g/mol. The normalized spacial score (nSPS) is 25.7. The molecule has 0 N–H and O–H groups in total. The molecule has 2 aliphatic heterocycles. The zero-order chi connectivity index (χ0) is 23.9. The molecule has 1 saturated heterocycles. The molecule has 1 aliphatic carbocycles. The number of likely N-dealkylation sites (N-methyl/N-ethyl adjacent to an activating group) is 2. The molecule has 4 rings (SSSR count). The zero-order valence-electron chi connectivity index (χ0n) is 21.5. The average Bonchev–Trinajstić information content (AvgIpc) is 3.49. The van der Waals surface area contributed by atoms with Crippen LogP contribution in [0.3, 0.4) is 0 Å². The highest BCUT2D eigenvalue weighted by Crippen LogP contribution is 2.37. The van der Waals surface area contributed by atoms with Gasteiger partial charge >= 0.3 is 0 Å². The molecule has 4 nitrogen and oxygen atoms in total. The maximum atomic E-state index is 5.12. The Hall–Kier alpha value is -2.59. The zero-order valence-corrected chi connectivity index (χ0v) is 21.5. The number of nitrogens with zero attached hydrogens (tertiary/aromatic N) is 4. The fraction of sp³-hybridized carbons (Fsp3) is 0.500. The van der Waals surface area contributed by atoms with Crippen LogP contribution in [0.1, 0.15) is 57.1 Å². The molecule has 182 valence electrons. The Kier molecular flexibility index (Phi) is 8.44. The highest BCUT2D eigenvalue weighted by molar-refractivity contribution is 5.89. The molecule has 34 heavy (non-hydrogen) atoms. The largest absolute Gasteiger partial charge is 0.362 e. The van der Waals surface area contributed by atoms with Gasteiger partial charge in [0.15, 0.2) is 0 Å². The second-order valence-corrected chi connectivity index (χ2v) is 10.0. The quantitative estimate of drug-likeness (QED) is 0.325. The summed E-state index contributed by atoms with van der Waals surface area (Å²) in [4.78, 5) is 12.4.